The minimum Gasteiger partial charge on any atom is -0.331 e. The monoisotopic (exact) mass is 356 g/mol. The van der Waals surface area contributed by atoms with Crippen LogP contribution in [0.25, 0.3) is 0 Å². The second kappa shape index (κ2) is 5.49. The predicted molar refractivity (Wildman–Crippen MR) is 86.2 cm³/mol. The van der Waals surface area contributed by atoms with Gasteiger partial charge in [-0.2, -0.15) is 0 Å². The molecule has 1 aromatic heterocycles. The lowest BCUT2D eigenvalue weighted by atomic mass is 10.0. The van der Waals surface area contributed by atoms with Crippen LogP contribution in [0.2, 0.25) is 0 Å². The summed E-state index contributed by atoms with van der Waals surface area (Å²) < 4.78 is 28.2. The predicted octanol–water partition coefficient (Wildman–Crippen LogP) is 0.180. The molecule has 3 fully saturated rings. The Kier molecular flexibility index (Phi) is 3.69. The van der Waals surface area contributed by atoms with Gasteiger partial charge in [-0.3, -0.25) is 9.69 Å². The summed E-state index contributed by atoms with van der Waals surface area (Å²) in [4.78, 5) is 17.4. The molecule has 2 saturated heterocycles. The van der Waals surface area contributed by atoms with Gasteiger partial charge in [0, 0.05) is 25.7 Å². The molecular weight excluding hydrogens is 336 g/mol. The Labute approximate surface area is 139 Å². The highest BCUT2D eigenvalue weighted by Crippen LogP contribution is 2.34. The third-order valence-corrected chi connectivity index (χ3v) is 7.60. The van der Waals surface area contributed by atoms with Crippen LogP contribution in [0, 0.1) is 12.8 Å². The molecule has 1 saturated carbocycles. The second-order valence-corrected chi connectivity index (χ2v) is 9.74. The third kappa shape index (κ3) is 2.89. The number of aromatic nitrogens is 2. The molecule has 9 heteroatoms. The molecule has 23 heavy (non-hydrogen) atoms. The minimum atomic E-state index is -3.09. The fourth-order valence-electron chi connectivity index (χ4n) is 3.69. The van der Waals surface area contributed by atoms with E-state index in [1.807, 2.05) is 0 Å². The van der Waals surface area contributed by atoms with Gasteiger partial charge in [0.2, 0.25) is 0 Å². The first-order valence-electron chi connectivity index (χ1n) is 7.99. The van der Waals surface area contributed by atoms with Gasteiger partial charge in [0.25, 0.3) is 5.91 Å². The Balaban J connectivity index is 1.59. The van der Waals surface area contributed by atoms with Crippen molar-refractivity contribution in [3.63, 3.8) is 0 Å². The number of carbonyl (C=O) groups is 1. The van der Waals surface area contributed by atoms with Gasteiger partial charge in [0.15, 0.2) is 9.84 Å². The van der Waals surface area contributed by atoms with Crippen molar-refractivity contribution in [2.24, 2.45) is 5.92 Å². The average Bonchev–Trinajstić information content (AvgIpc) is 3.09. The maximum Gasteiger partial charge on any atom is 0.267 e. The van der Waals surface area contributed by atoms with E-state index in [9.17, 15) is 13.2 Å². The van der Waals surface area contributed by atoms with E-state index in [4.69, 9.17) is 0 Å². The third-order valence-electron chi connectivity index (χ3n) is 5.09. The summed E-state index contributed by atoms with van der Waals surface area (Å²) in [6.45, 7) is 4.08. The van der Waals surface area contributed by atoms with Gasteiger partial charge >= 0.3 is 0 Å². The van der Waals surface area contributed by atoms with E-state index in [-0.39, 0.29) is 29.5 Å². The lowest BCUT2D eigenvalue weighted by molar-refractivity contribution is 0.0321. The van der Waals surface area contributed by atoms with Gasteiger partial charge in [0.1, 0.15) is 4.88 Å². The molecule has 0 radical (unpaired) electrons. The van der Waals surface area contributed by atoms with Crippen molar-refractivity contribution in [3.05, 3.63) is 10.6 Å². The zero-order valence-electron chi connectivity index (χ0n) is 13.0. The Morgan fingerprint density at radius 1 is 1.26 bits per heavy atom. The van der Waals surface area contributed by atoms with Gasteiger partial charge in [-0.05, 0) is 37.2 Å². The first-order valence-corrected chi connectivity index (χ1v) is 10.6. The van der Waals surface area contributed by atoms with E-state index in [0.29, 0.717) is 23.0 Å². The number of nitrogens with zero attached hydrogens (tertiary/aromatic N) is 4. The molecule has 0 unspecified atom stereocenters. The van der Waals surface area contributed by atoms with Gasteiger partial charge in [-0.25, -0.2) is 8.42 Å². The van der Waals surface area contributed by atoms with Crippen molar-refractivity contribution in [3.8, 4) is 0 Å². The molecule has 0 bridgehead atoms. The number of piperazine rings is 1. The van der Waals surface area contributed by atoms with Gasteiger partial charge in [0.05, 0.1) is 23.2 Å². The minimum absolute atomic E-state index is 0.0560. The van der Waals surface area contributed by atoms with Crippen LogP contribution in [-0.2, 0) is 9.84 Å². The fraction of sp³-hybridized carbons (Fsp3) is 0.786. The molecule has 1 amide bonds. The quantitative estimate of drug-likeness (QED) is 0.768. The molecule has 7 nitrogen and oxygen atoms in total. The summed E-state index contributed by atoms with van der Waals surface area (Å²) >= 11 is 1.09. The van der Waals surface area contributed by atoms with Gasteiger partial charge in [-0.1, -0.05) is 4.49 Å². The highest BCUT2D eigenvalue weighted by atomic mass is 32.2. The summed E-state index contributed by atoms with van der Waals surface area (Å²) in [6.07, 6.45) is 2.49. The molecular formula is C14H20N4O3S2. The second-order valence-electron chi connectivity index (χ2n) is 6.84. The molecule has 4 rings (SSSR count). The molecule has 3 aliphatic rings. The normalized spacial score (nSPS) is 30.4. The first-order chi connectivity index (χ1) is 10.9. The summed E-state index contributed by atoms with van der Waals surface area (Å²) in [6, 6.07) is -0.291. The van der Waals surface area contributed by atoms with E-state index < -0.39 is 9.84 Å². The molecule has 3 heterocycles. The lowest BCUT2D eigenvalue weighted by Gasteiger charge is -2.43. The highest BCUT2D eigenvalue weighted by Gasteiger charge is 2.49. The molecule has 0 N–H and O–H groups in total. The average molecular weight is 356 g/mol. The number of carbonyl (C=O) groups excluding carboxylic acids is 1. The maximum atomic E-state index is 12.8. The van der Waals surface area contributed by atoms with E-state index in [1.165, 1.54) is 12.8 Å². The van der Waals surface area contributed by atoms with Crippen molar-refractivity contribution < 1.29 is 13.2 Å². The molecule has 0 spiro atoms. The summed E-state index contributed by atoms with van der Waals surface area (Å²) in [5, 5.41) is 3.90. The SMILES string of the molecule is Cc1nnsc1C(=O)N1CCN(CC2CC2)[C@@H]2CS(=O)(=O)C[C@@H]21. The van der Waals surface area contributed by atoms with Crippen molar-refractivity contribution in [1.29, 1.82) is 0 Å². The van der Waals surface area contributed by atoms with Crippen molar-refractivity contribution in [1.82, 2.24) is 19.4 Å². The Hall–Kier alpha value is -1.06. The molecule has 126 valence electrons. The van der Waals surface area contributed by atoms with Crippen molar-refractivity contribution in [2.45, 2.75) is 31.8 Å². The number of sulfone groups is 1. The Bertz CT molecular complexity index is 728. The van der Waals surface area contributed by atoms with Crippen molar-refractivity contribution >= 4 is 27.3 Å². The number of hydrogen-bond donors (Lipinski definition) is 0. The summed E-state index contributed by atoms with van der Waals surface area (Å²) in [7, 11) is -3.09. The van der Waals surface area contributed by atoms with Crippen LogP contribution in [0.4, 0.5) is 0 Å². The van der Waals surface area contributed by atoms with E-state index in [2.05, 4.69) is 14.5 Å². The summed E-state index contributed by atoms with van der Waals surface area (Å²) in [5.74, 6) is 0.856. The van der Waals surface area contributed by atoms with Crippen LogP contribution in [0.15, 0.2) is 0 Å². The highest BCUT2D eigenvalue weighted by molar-refractivity contribution is 7.91. The molecule has 0 aromatic carbocycles. The fourth-order valence-corrected chi connectivity index (χ4v) is 6.32. The van der Waals surface area contributed by atoms with Crippen LogP contribution < -0.4 is 0 Å². The number of hydrogen-bond acceptors (Lipinski definition) is 7. The topological polar surface area (TPSA) is 83.5 Å². The van der Waals surface area contributed by atoms with Crippen LogP contribution in [0.3, 0.4) is 0 Å². The van der Waals surface area contributed by atoms with E-state index in [0.717, 1.165) is 24.6 Å². The van der Waals surface area contributed by atoms with E-state index in [1.54, 1.807) is 11.8 Å². The molecule has 1 aromatic rings. The van der Waals surface area contributed by atoms with E-state index >= 15 is 0 Å². The Morgan fingerprint density at radius 3 is 2.65 bits per heavy atom. The first kappa shape index (κ1) is 15.5. The smallest absolute Gasteiger partial charge is 0.267 e. The maximum absolute atomic E-state index is 12.8. The van der Waals surface area contributed by atoms with Crippen molar-refractivity contribution in [2.75, 3.05) is 31.1 Å². The zero-order chi connectivity index (χ0) is 16.2. The van der Waals surface area contributed by atoms with Crippen LogP contribution in [0.5, 0.6) is 0 Å². The molecule has 2 aliphatic heterocycles. The van der Waals surface area contributed by atoms with Crippen LogP contribution >= 0.6 is 11.5 Å². The number of rotatable bonds is 3. The number of fused-ring (bicyclic) bond motifs is 1. The Morgan fingerprint density at radius 2 is 2.00 bits per heavy atom. The summed E-state index contributed by atoms with van der Waals surface area (Å²) in [5.41, 5.74) is 0.623. The zero-order valence-corrected chi connectivity index (χ0v) is 14.6. The largest absolute Gasteiger partial charge is 0.331 e. The number of amides is 1. The van der Waals surface area contributed by atoms with Crippen LogP contribution in [0.1, 0.15) is 28.2 Å². The number of aryl methyl sites for hydroxylation is 1. The molecule has 2 atom stereocenters. The standard InChI is InChI=1S/C14H20N4O3S2/c1-9-13(22-16-15-9)14(19)18-5-4-17(6-10-2-3-10)11-7-23(20,21)8-12(11)18/h10-12H,2-8H2,1H3/t11-,12+/m1/s1. The van der Waals surface area contributed by atoms with Gasteiger partial charge in [-0.15, -0.1) is 5.10 Å². The lowest BCUT2D eigenvalue weighted by Crippen LogP contribution is -2.60. The molecule has 1 aliphatic carbocycles. The van der Waals surface area contributed by atoms with Gasteiger partial charge < -0.3 is 4.90 Å². The van der Waals surface area contributed by atoms with Crippen LogP contribution in [-0.4, -0.2) is 76.9 Å².